The van der Waals surface area contributed by atoms with E-state index in [2.05, 4.69) is 4.98 Å². The lowest BCUT2D eigenvalue weighted by Crippen LogP contribution is -2.46. The van der Waals surface area contributed by atoms with Crippen LogP contribution in [0.5, 0.6) is 0 Å². The normalized spacial score (nSPS) is 19.3. The molecule has 2 N–H and O–H groups in total. The molecule has 2 aliphatic rings. The maximum absolute atomic E-state index is 14.8. The second-order valence-electron chi connectivity index (χ2n) is 9.74. The Morgan fingerprint density at radius 3 is 2.42 bits per heavy atom. The molecule has 13 heteroatoms. The summed E-state index contributed by atoms with van der Waals surface area (Å²) in [5.74, 6) is -5.13. The van der Waals surface area contributed by atoms with Crippen LogP contribution in [0.4, 0.5) is 32.2 Å². The number of halogens is 6. The first-order chi connectivity index (χ1) is 17.8. The molecular weight excluding hydrogens is 518 g/mol. The molecule has 1 aromatic carbocycles. The fourth-order valence-corrected chi connectivity index (χ4v) is 4.90. The number of carbonyl (C=O) groups is 1. The highest BCUT2D eigenvalue weighted by atomic mass is 19.4. The van der Waals surface area contributed by atoms with Gasteiger partial charge in [-0.3, -0.25) is 14.2 Å². The van der Waals surface area contributed by atoms with Gasteiger partial charge in [0.2, 0.25) is 5.43 Å². The molecule has 2 atom stereocenters. The summed E-state index contributed by atoms with van der Waals surface area (Å²) in [5.41, 5.74) is -3.26. The van der Waals surface area contributed by atoms with Crippen molar-refractivity contribution in [3.8, 4) is 5.69 Å². The number of aromatic nitrogens is 2. The van der Waals surface area contributed by atoms with E-state index in [4.69, 9.17) is 0 Å². The van der Waals surface area contributed by atoms with Gasteiger partial charge in [-0.25, -0.2) is 18.2 Å². The van der Waals surface area contributed by atoms with Crippen molar-refractivity contribution in [2.75, 3.05) is 18.0 Å². The van der Waals surface area contributed by atoms with Crippen molar-refractivity contribution in [3.05, 3.63) is 63.7 Å². The summed E-state index contributed by atoms with van der Waals surface area (Å²) in [7, 11) is 0. The Kier molecular flexibility index (Phi) is 6.16. The van der Waals surface area contributed by atoms with E-state index in [1.54, 1.807) is 10.2 Å². The minimum Gasteiger partial charge on any atom is -0.391 e. The predicted molar refractivity (Wildman–Crippen MR) is 125 cm³/mol. The summed E-state index contributed by atoms with van der Waals surface area (Å²) in [4.78, 5) is 32.1. The summed E-state index contributed by atoms with van der Waals surface area (Å²) in [6, 6.07) is 1.17. The topological polar surface area (TPSA) is 87.5 Å². The van der Waals surface area contributed by atoms with Crippen molar-refractivity contribution >= 4 is 22.8 Å². The van der Waals surface area contributed by atoms with Crippen molar-refractivity contribution in [1.82, 2.24) is 14.9 Å². The minimum atomic E-state index is -4.80. The second kappa shape index (κ2) is 9.00. The van der Waals surface area contributed by atoms with Crippen molar-refractivity contribution in [1.29, 1.82) is 0 Å². The first-order valence-corrected chi connectivity index (χ1v) is 11.9. The van der Waals surface area contributed by atoms with Crippen LogP contribution in [0.2, 0.25) is 0 Å². The van der Waals surface area contributed by atoms with Crippen molar-refractivity contribution in [3.63, 3.8) is 0 Å². The number of nitrogens with zero attached hydrogens (tertiary/aromatic N) is 3. The summed E-state index contributed by atoms with van der Waals surface area (Å²) < 4.78 is 83.8. The molecule has 0 radical (unpaired) electrons. The van der Waals surface area contributed by atoms with Crippen LogP contribution in [0.3, 0.4) is 0 Å². The Labute approximate surface area is 211 Å². The lowest BCUT2D eigenvalue weighted by atomic mass is 10.0. The van der Waals surface area contributed by atoms with Gasteiger partial charge in [0.05, 0.1) is 11.5 Å². The van der Waals surface area contributed by atoms with Gasteiger partial charge in [0, 0.05) is 36.8 Å². The third kappa shape index (κ3) is 4.38. The van der Waals surface area contributed by atoms with E-state index in [9.17, 15) is 41.0 Å². The maximum Gasteiger partial charge on any atom is 0.408 e. The second-order valence-corrected chi connectivity index (χ2v) is 9.74. The van der Waals surface area contributed by atoms with Gasteiger partial charge in [0.25, 0.3) is 5.91 Å². The minimum absolute atomic E-state index is 0.234. The summed E-state index contributed by atoms with van der Waals surface area (Å²) >= 11 is 0. The third-order valence-corrected chi connectivity index (χ3v) is 7.23. The quantitative estimate of drug-likeness (QED) is 0.481. The Bertz CT molecular complexity index is 1480. The molecule has 2 fully saturated rings. The van der Waals surface area contributed by atoms with Crippen LogP contribution in [0.15, 0.2) is 35.3 Å². The van der Waals surface area contributed by atoms with E-state index in [0.29, 0.717) is 29.4 Å². The number of anilines is 1. The zero-order chi connectivity index (χ0) is 27.6. The van der Waals surface area contributed by atoms with Crippen LogP contribution in [0.1, 0.15) is 36.5 Å². The number of pyridine rings is 2. The van der Waals surface area contributed by atoms with Gasteiger partial charge in [0.15, 0.2) is 17.3 Å². The molecule has 1 aliphatic heterocycles. The molecule has 3 aromatic rings. The van der Waals surface area contributed by atoms with Crippen LogP contribution in [0, 0.1) is 22.9 Å². The fourth-order valence-electron chi connectivity index (χ4n) is 4.90. The number of β-amino-alcohol motifs (C(OH)–C–C–N with tert-alkyl or cyclic N) is 1. The van der Waals surface area contributed by atoms with Gasteiger partial charge in [-0.2, -0.15) is 13.2 Å². The zero-order valence-corrected chi connectivity index (χ0v) is 20.0. The summed E-state index contributed by atoms with van der Waals surface area (Å²) in [5, 5.41) is 11.8. The third-order valence-electron chi connectivity index (χ3n) is 7.23. The van der Waals surface area contributed by atoms with Gasteiger partial charge in [-0.15, -0.1) is 0 Å². The first kappa shape index (κ1) is 26.0. The van der Waals surface area contributed by atoms with Crippen LogP contribution < -0.4 is 15.6 Å². The van der Waals surface area contributed by atoms with Crippen molar-refractivity contribution in [2.24, 2.45) is 5.41 Å². The zero-order valence-electron chi connectivity index (χ0n) is 20.0. The monoisotopic (exact) mass is 540 g/mol. The van der Waals surface area contributed by atoms with Crippen LogP contribution in [0.25, 0.3) is 16.7 Å². The highest BCUT2D eigenvalue weighted by Crippen LogP contribution is 2.53. The molecule has 202 valence electrons. The average molecular weight is 540 g/mol. The number of benzene rings is 1. The first-order valence-electron chi connectivity index (χ1n) is 11.9. The van der Waals surface area contributed by atoms with E-state index in [1.807, 2.05) is 0 Å². The molecule has 5 rings (SSSR count). The molecule has 3 heterocycles. The molecule has 0 bridgehead atoms. The molecule has 1 aliphatic carbocycles. The van der Waals surface area contributed by atoms with E-state index in [-0.39, 0.29) is 28.8 Å². The van der Waals surface area contributed by atoms with Gasteiger partial charge in [-0.05, 0) is 31.4 Å². The number of aliphatic hydroxyl groups excluding tert-OH is 1. The molecule has 2 aromatic heterocycles. The van der Waals surface area contributed by atoms with Gasteiger partial charge < -0.3 is 15.3 Å². The maximum atomic E-state index is 14.8. The molecule has 7 nitrogen and oxygen atoms in total. The highest BCUT2D eigenvalue weighted by Gasteiger charge is 2.54. The number of alkyl halides is 3. The van der Waals surface area contributed by atoms with E-state index >= 15 is 0 Å². The van der Waals surface area contributed by atoms with Crippen molar-refractivity contribution in [2.45, 2.75) is 44.5 Å². The number of nitrogens with one attached hydrogen (secondary N) is 1. The average Bonchev–Trinajstić information content (AvgIpc) is 3.54. The molecule has 1 saturated heterocycles. The number of hydrogen-bond donors (Lipinski definition) is 2. The number of aliphatic hydroxyl groups is 1. The Hall–Kier alpha value is -3.61. The number of fused-ring (bicyclic) bond motifs is 1. The Balaban J connectivity index is 1.68. The summed E-state index contributed by atoms with van der Waals surface area (Å²) in [6.45, 7) is 1.89. The lowest BCUT2D eigenvalue weighted by molar-refractivity contribution is -0.153. The standard InChI is InChI=1S/C25H22F6N4O3/c1-2-17(25(29,30)31)32-23(38)14-9-35(20-15(27)7-12(26)8-16(20)28)22-13(21(14)37)3-4-19(33-22)34-10-18(36)24(11-34)5-6-24/h3-4,7-9,17-18,36H,2,5-6,10-11H2,1H3,(H,32,38)/t17-,18?/m0/s1. The van der Waals surface area contributed by atoms with E-state index < -0.39 is 64.8 Å². The van der Waals surface area contributed by atoms with E-state index in [0.717, 1.165) is 12.8 Å². The molecular formula is C25H22F6N4O3. The Morgan fingerprint density at radius 1 is 1.21 bits per heavy atom. The molecule has 1 amide bonds. The van der Waals surface area contributed by atoms with Crippen LogP contribution in [-0.4, -0.2) is 52.0 Å². The van der Waals surface area contributed by atoms with Gasteiger partial charge in [-0.1, -0.05) is 6.92 Å². The summed E-state index contributed by atoms with van der Waals surface area (Å²) in [6.07, 6.45) is -3.59. The number of amides is 1. The van der Waals surface area contributed by atoms with Crippen LogP contribution in [-0.2, 0) is 0 Å². The SMILES string of the molecule is CC[C@H](NC(=O)c1cn(-c2c(F)cc(F)cc2F)c2nc(N3CC(O)C4(CC4)C3)ccc2c1=O)C(F)(F)F. The number of carbonyl (C=O) groups excluding carboxylic acids is 1. The number of rotatable bonds is 5. The van der Waals surface area contributed by atoms with Gasteiger partial charge >= 0.3 is 6.18 Å². The highest BCUT2D eigenvalue weighted by molar-refractivity contribution is 5.97. The van der Waals surface area contributed by atoms with Gasteiger partial charge in [0.1, 0.15) is 28.9 Å². The Morgan fingerprint density at radius 2 is 1.87 bits per heavy atom. The smallest absolute Gasteiger partial charge is 0.391 e. The number of hydrogen-bond acceptors (Lipinski definition) is 5. The molecule has 1 unspecified atom stereocenters. The molecule has 38 heavy (non-hydrogen) atoms. The fraction of sp³-hybridized carbons (Fsp3) is 0.400. The van der Waals surface area contributed by atoms with Crippen LogP contribution >= 0.6 is 0 Å². The lowest BCUT2D eigenvalue weighted by Gasteiger charge is -2.21. The van der Waals surface area contributed by atoms with Crippen molar-refractivity contribution < 1.29 is 36.2 Å². The molecule has 1 saturated carbocycles. The molecule has 1 spiro atoms. The van der Waals surface area contributed by atoms with E-state index in [1.165, 1.54) is 19.1 Å². The predicted octanol–water partition coefficient (Wildman–Crippen LogP) is 3.83. The largest absolute Gasteiger partial charge is 0.408 e.